The smallest absolute Gasteiger partial charge is 0.267 e. The van der Waals surface area contributed by atoms with Gasteiger partial charge in [0.1, 0.15) is 0 Å². The highest BCUT2D eigenvalue weighted by Crippen LogP contribution is 2.18. The van der Waals surface area contributed by atoms with Gasteiger partial charge in [-0.3, -0.25) is 19.8 Å². The number of nitrogens with one attached hydrogen (secondary N) is 2. The molecule has 7 nitrogen and oxygen atoms in total. The maximum Gasteiger partial charge on any atom is 0.267 e. The molecule has 0 bridgehead atoms. The standard InChI is InChI=1S/C16H20N4O3S2/c21-14(17-3-4-20-5-7-23-8-6-20)10-12-11-25-16(18-12)19-15(22)13-2-1-9-24-13/h1-2,9,11H,3-8,10H2,(H,17,21)(H,18,19,22). The predicted molar refractivity (Wildman–Crippen MR) is 98.4 cm³/mol. The van der Waals surface area contributed by atoms with Gasteiger partial charge in [-0.25, -0.2) is 4.98 Å². The maximum absolute atomic E-state index is 12.0. The van der Waals surface area contributed by atoms with Gasteiger partial charge < -0.3 is 10.1 Å². The number of rotatable bonds is 7. The molecule has 1 saturated heterocycles. The second-order valence-corrected chi connectivity index (χ2v) is 7.36. The normalized spacial score (nSPS) is 15.0. The number of hydrogen-bond acceptors (Lipinski definition) is 7. The molecule has 3 rings (SSSR count). The summed E-state index contributed by atoms with van der Waals surface area (Å²) in [6.45, 7) is 4.78. The van der Waals surface area contributed by atoms with Gasteiger partial charge in [0.15, 0.2) is 5.13 Å². The van der Waals surface area contributed by atoms with E-state index in [9.17, 15) is 9.59 Å². The number of carbonyl (C=O) groups is 2. The average Bonchev–Trinajstić information content (AvgIpc) is 3.28. The number of anilines is 1. The molecule has 134 valence electrons. The van der Waals surface area contributed by atoms with E-state index in [1.54, 1.807) is 11.4 Å². The van der Waals surface area contributed by atoms with Crippen LogP contribution >= 0.6 is 22.7 Å². The molecule has 0 aromatic carbocycles. The zero-order valence-electron chi connectivity index (χ0n) is 13.7. The molecule has 1 fully saturated rings. The summed E-state index contributed by atoms with van der Waals surface area (Å²) in [7, 11) is 0. The Morgan fingerprint density at radius 2 is 2.12 bits per heavy atom. The van der Waals surface area contributed by atoms with Gasteiger partial charge in [0.2, 0.25) is 5.91 Å². The first kappa shape index (κ1) is 18.0. The molecule has 1 aliphatic rings. The van der Waals surface area contributed by atoms with Gasteiger partial charge in [-0.05, 0) is 11.4 Å². The van der Waals surface area contributed by atoms with Crippen LogP contribution in [0.25, 0.3) is 0 Å². The number of thiazole rings is 1. The average molecular weight is 380 g/mol. The minimum absolute atomic E-state index is 0.0605. The Bertz CT molecular complexity index is 696. The van der Waals surface area contributed by atoms with Crippen molar-refractivity contribution in [1.29, 1.82) is 0 Å². The van der Waals surface area contributed by atoms with E-state index in [1.807, 2.05) is 11.4 Å². The summed E-state index contributed by atoms with van der Waals surface area (Å²) in [5, 5.41) is 9.82. The number of amides is 2. The third-order valence-corrected chi connectivity index (χ3v) is 5.39. The summed E-state index contributed by atoms with van der Waals surface area (Å²) in [5.41, 5.74) is 0.662. The van der Waals surface area contributed by atoms with Crippen LogP contribution in [-0.4, -0.2) is 61.1 Å². The summed E-state index contributed by atoms with van der Waals surface area (Å²) in [6.07, 6.45) is 0.217. The molecule has 9 heteroatoms. The van der Waals surface area contributed by atoms with Crippen LogP contribution < -0.4 is 10.6 Å². The molecule has 2 aromatic heterocycles. The monoisotopic (exact) mass is 380 g/mol. The van der Waals surface area contributed by atoms with E-state index in [4.69, 9.17) is 4.74 Å². The third-order valence-electron chi connectivity index (χ3n) is 3.71. The van der Waals surface area contributed by atoms with E-state index in [-0.39, 0.29) is 18.2 Å². The molecule has 0 saturated carbocycles. The summed E-state index contributed by atoms with van der Waals surface area (Å²) in [6, 6.07) is 3.59. The molecule has 2 amide bonds. The lowest BCUT2D eigenvalue weighted by Crippen LogP contribution is -2.41. The van der Waals surface area contributed by atoms with Crippen LogP contribution in [0.2, 0.25) is 0 Å². The van der Waals surface area contributed by atoms with Crippen LogP contribution in [0, 0.1) is 0 Å². The van der Waals surface area contributed by atoms with Crippen LogP contribution in [0.1, 0.15) is 15.4 Å². The lowest BCUT2D eigenvalue weighted by Gasteiger charge is -2.26. The quantitative estimate of drug-likeness (QED) is 0.760. The van der Waals surface area contributed by atoms with Crippen molar-refractivity contribution in [2.24, 2.45) is 0 Å². The van der Waals surface area contributed by atoms with Gasteiger partial charge in [0.05, 0.1) is 30.2 Å². The van der Waals surface area contributed by atoms with Crippen molar-refractivity contribution >= 4 is 39.6 Å². The van der Waals surface area contributed by atoms with Crippen LogP contribution in [0.3, 0.4) is 0 Å². The fourth-order valence-electron chi connectivity index (χ4n) is 2.42. The summed E-state index contributed by atoms with van der Waals surface area (Å²) < 4.78 is 5.29. The molecule has 0 radical (unpaired) electrons. The number of ether oxygens (including phenoxy) is 1. The molecule has 2 aromatic rings. The molecule has 25 heavy (non-hydrogen) atoms. The van der Waals surface area contributed by atoms with E-state index < -0.39 is 0 Å². The number of aromatic nitrogens is 1. The highest BCUT2D eigenvalue weighted by molar-refractivity contribution is 7.14. The number of thiophene rings is 1. The first-order valence-corrected chi connectivity index (χ1v) is 9.83. The van der Waals surface area contributed by atoms with Gasteiger partial charge in [-0.15, -0.1) is 22.7 Å². The van der Waals surface area contributed by atoms with E-state index in [2.05, 4.69) is 20.5 Å². The van der Waals surface area contributed by atoms with Gasteiger partial charge in [-0.2, -0.15) is 0 Å². The van der Waals surface area contributed by atoms with Gasteiger partial charge >= 0.3 is 0 Å². The van der Waals surface area contributed by atoms with Gasteiger partial charge in [0, 0.05) is 31.6 Å². The summed E-state index contributed by atoms with van der Waals surface area (Å²) >= 11 is 2.70. The van der Waals surface area contributed by atoms with Crippen molar-refractivity contribution in [2.45, 2.75) is 6.42 Å². The zero-order valence-corrected chi connectivity index (χ0v) is 15.3. The number of morpholine rings is 1. The Morgan fingerprint density at radius 1 is 1.28 bits per heavy atom. The lowest BCUT2D eigenvalue weighted by atomic mass is 10.3. The van der Waals surface area contributed by atoms with E-state index in [0.29, 0.717) is 22.2 Å². The van der Waals surface area contributed by atoms with Crippen LogP contribution in [-0.2, 0) is 16.0 Å². The Balaban J connectivity index is 1.39. The van der Waals surface area contributed by atoms with Crippen molar-refractivity contribution < 1.29 is 14.3 Å². The van der Waals surface area contributed by atoms with Crippen LogP contribution in [0.15, 0.2) is 22.9 Å². The molecule has 0 spiro atoms. The highest BCUT2D eigenvalue weighted by Gasteiger charge is 2.13. The topological polar surface area (TPSA) is 83.6 Å². The molecule has 0 atom stereocenters. The highest BCUT2D eigenvalue weighted by atomic mass is 32.1. The summed E-state index contributed by atoms with van der Waals surface area (Å²) in [4.78, 5) is 31.2. The second kappa shape index (κ2) is 9.04. The zero-order chi connectivity index (χ0) is 17.5. The first-order chi connectivity index (χ1) is 12.2. The SMILES string of the molecule is O=C(Cc1csc(NC(=O)c2cccs2)n1)NCCN1CCOCC1. The fraction of sp³-hybridized carbons (Fsp3) is 0.438. The second-order valence-electron chi connectivity index (χ2n) is 5.56. The van der Waals surface area contributed by atoms with Gasteiger partial charge in [0.25, 0.3) is 5.91 Å². The lowest BCUT2D eigenvalue weighted by molar-refractivity contribution is -0.120. The van der Waals surface area contributed by atoms with E-state index >= 15 is 0 Å². The maximum atomic E-state index is 12.0. The van der Waals surface area contributed by atoms with E-state index in [0.717, 1.165) is 32.8 Å². The Labute approximate surface area is 154 Å². The van der Waals surface area contributed by atoms with Crippen LogP contribution in [0.4, 0.5) is 5.13 Å². The molecular weight excluding hydrogens is 360 g/mol. The fourth-order valence-corrected chi connectivity index (χ4v) is 3.74. The number of hydrogen-bond donors (Lipinski definition) is 2. The van der Waals surface area contributed by atoms with Crippen molar-refractivity contribution in [1.82, 2.24) is 15.2 Å². The third kappa shape index (κ3) is 5.60. The summed E-state index contributed by atoms with van der Waals surface area (Å²) in [5.74, 6) is -0.236. The molecule has 2 N–H and O–H groups in total. The Kier molecular flexibility index (Phi) is 6.51. The molecule has 3 heterocycles. The Hall–Kier alpha value is -1.81. The van der Waals surface area contributed by atoms with Gasteiger partial charge in [-0.1, -0.05) is 6.07 Å². The van der Waals surface area contributed by atoms with Crippen molar-refractivity contribution in [2.75, 3.05) is 44.7 Å². The molecule has 0 unspecified atom stereocenters. The van der Waals surface area contributed by atoms with Crippen molar-refractivity contribution in [3.05, 3.63) is 33.5 Å². The minimum atomic E-state index is -0.175. The molecular formula is C16H20N4O3S2. The number of carbonyl (C=O) groups excluding carboxylic acids is 2. The van der Waals surface area contributed by atoms with Crippen molar-refractivity contribution in [3.8, 4) is 0 Å². The van der Waals surface area contributed by atoms with Crippen LogP contribution in [0.5, 0.6) is 0 Å². The number of nitrogens with zero attached hydrogens (tertiary/aromatic N) is 2. The van der Waals surface area contributed by atoms with E-state index in [1.165, 1.54) is 22.7 Å². The molecule has 1 aliphatic heterocycles. The Morgan fingerprint density at radius 3 is 2.88 bits per heavy atom. The molecule has 0 aliphatic carbocycles. The first-order valence-electron chi connectivity index (χ1n) is 8.07. The predicted octanol–water partition coefficient (Wildman–Crippen LogP) is 1.45. The minimum Gasteiger partial charge on any atom is -0.379 e. The van der Waals surface area contributed by atoms with Crippen molar-refractivity contribution in [3.63, 3.8) is 0 Å². The largest absolute Gasteiger partial charge is 0.379 e.